The topological polar surface area (TPSA) is 7.94 Å². The molecule has 2 aliphatic rings. The highest BCUT2D eigenvalue weighted by atomic mass is 28.3. The second kappa shape index (κ2) is 5.10. The normalized spacial score (nSPS) is 23.0. The molecule has 3 rings (SSSR count). The van der Waals surface area contributed by atoms with Gasteiger partial charge in [-0.15, -0.1) is 0 Å². The van der Waals surface area contributed by atoms with Crippen molar-refractivity contribution >= 4 is 26.1 Å². The van der Waals surface area contributed by atoms with Gasteiger partial charge in [-0.3, -0.25) is 0 Å². The highest BCUT2D eigenvalue weighted by Gasteiger charge is 2.51. The van der Waals surface area contributed by atoms with E-state index in [2.05, 4.69) is 63.9 Å². The van der Waals surface area contributed by atoms with Crippen molar-refractivity contribution in [1.29, 1.82) is 0 Å². The Morgan fingerprint density at radius 1 is 1.12 bits per heavy atom. The molecule has 0 saturated heterocycles. The van der Waals surface area contributed by atoms with Crippen molar-refractivity contribution in [3.05, 3.63) is 40.4 Å². The number of fused-ring (bicyclic) bond motifs is 2. The Hall–Kier alpha value is -1.80. The zero-order valence-electron chi connectivity index (χ0n) is 16.0. The van der Waals surface area contributed by atoms with Gasteiger partial charge in [-0.05, 0) is 45.0 Å². The van der Waals surface area contributed by atoms with E-state index in [-0.39, 0.29) is 0 Å². The van der Waals surface area contributed by atoms with Crippen LogP contribution in [0.1, 0.15) is 37.7 Å². The molecule has 5 heteroatoms. The van der Waals surface area contributed by atoms with Gasteiger partial charge in [-0.25, -0.2) is 0 Å². The Labute approximate surface area is 145 Å². The van der Waals surface area contributed by atoms with Crippen molar-refractivity contribution in [3.8, 4) is 11.4 Å². The van der Waals surface area contributed by atoms with Gasteiger partial charge in [-0.2, -0.15) is 11.4 Å². The average molecular weight is 340 g/mol. The molecule has 0 bridgehead atoms. The van der Waals surface area contributed by atoms with E-state index in [0.29, 0.717) is 0 Å². The minimum Gasteiger partial charge on any atom is -0.415 e. The lowest BCUT2D eigenvalue weighted by Crippen LogP contribution is -2.54. The molecule has 2 nitrogen and oxygen atoms in total. The van der Waals surface area contributed by atoms with Crippen molar-refractivity contribution in [2.75, 3.05) is 0 Å². The third-order valence-electron chi connectivity index (χ3n) is 4.87. The first-order valence-corrected chi connectivity index (χ1v) is 12.1. The van der Waals surface area contributed by atoms with Crippen LogP contribution >= 0.6 is 0 Å². The van der Waals surface area contributed by atoms with Crippen LogP contribution in [0.4, 0.5) is 4.32 Å². The summed E-state index contributed by atoms with van der Waals surface area (Å²) in [4.78, 5) is 0. The van der Waals surface area contributed by atoms with Crippen LogP contribution in [-0.4, -0.2) is 29.4 Å². The molecule has 0 saturated carbocycles. The Bertz CT molecular complexity index is 916. The van der Waals surface area contributed by atoms with Crippen LogP contribution in [0.2, 0.25) is 19.6 Å². The molecule has 2 aliphatic heterocycles. The fourth-order valence-electron chi connectivity index (χ4n) is 4.13. The van der Waals surface area contributed by atoms with E-state index in [1.54, 1.807) is 0 Å². The third-order valence-corrected chi connectivity index (χ3v) is 5.76. The summed E-state index contributed by atoms with van der Waals surface area (Å²) >= 11 is 0. The fraction of sp³-hybridized carbons (Fsp3) is 0.421. The molecule has 0 aromatic carbocycles. The van der Waals surface area contributed by atoms with E-state index in [9.17, 15) is 0 Å². The molecule has 0 aliphatic carbocycles. The number of hydrogen-bond donors (Lipinski definition) is 0. The molecule has 1 aromatic heterocycles. The van der Waals surface area contributed by atoms with Crippen LogP contribution in [-0.2, 0) is 0 Å². The van der Waals surface area contributed by atoms with Crippen LogP contribution < -0.4 is 0 Å². The zero-order chi connectivity index (χ0) is 18.0. The summed E-state index contributed by atoms with van der Waals surface area (Å²) < 4.78 is 20.3. The van der Waals surface area contributed by atoms with Gasteiger partial charge in [0, 0.05) is 29.8 Å². The number of allylic oxidation sites excluding steroid dienone is 3. The van der Waals surface area contributed by atoms with Gasteiger partial charge in [0.25, 0.3) is 0 Å². The summed E-state index contributed by atoms with van der Waals surface area (Å²) in [7, 11) is -1.69. The van der Waals surface area contributed by atoms with Gasteiger partial charge in [0.2, 0.25) is 0 Å². The van der Waals surface area contributed by atoms with Crippen molar-refractivity contribution in [1.82, 2.24) is 4.48 Å². The van der Waals surface area contributed by atoms with Crippen LogP contribution in [0, 0.1) is 25.2 Å². The lowest BCUT2D eigenvalue weighted by molar-refractivity contribution is -0.345. The number of rotatable bonds is 0. The predicted octanol–water partition coefficient (Wildman–Crippen LogP) is 4.46. The maximum atomic E-state index is 16.6. The average Bonchev–Trinajstić information content (AvgIpc) is 2.91. The predicted molar refractivity (Wildman–Crippen MR) is 105 cm³/mol. The minimum atomic E-state index is -2.68. The van der Waals surface area contributed by atoms with Crippen LogP contribution in [0.25, 0.3) is 5.57 Å². The van der Waals surface area contributed by atoms with E-state index >= 15 is 4.32 Å². The van der Waals surface area contributed by atoms with Gasteiger partial charge in [0.1, 0.15) is 13.8 Å². The van der Waals surface area contributed by atoms with Crippen LogP contribution in [0.3, 0.4) is 0 Å². The number of halogens is 1. The zero-order valence-corrected chi connectivity index (χ0v) is 17.0. The summed E-state index contributed by atoms with van der Waals surface area (Å²) in [5.41, 5.74) is 10.5. The van der Waals surface area contributed by atoms with Crippen molar-refractivity contribution in [2.45, 2.75) is 54.3 Å². The van der Waals surface area contributed by atoms with Crippen molar-refractivity contribution in [3.63, 3.8) is 0 Å². The third kappa shape index (κ3) is 2.28. The van der Waals surface area contributed by atoms with E-state index in [1.165, 1.54) is 0 Å². The van der Waals surface area contributed by atoms with Gasteiger partial charge in [-0.1, -0.05) is 19.6 Å². The van der Waals surface area contributed by atoms with Gasteiger partial charge in [0.05, 0.1) is 0 Å². The Balaban J connectivity index is 2.43. The summed E-state index contributed by atoms with van der Waals surface area (Å²) in [5, 5.41) is 0. The van der Waals surface area contributed by atoms with E-state index in [0.717, 1.165) is 39.5 Å². The Kier molecular flexibility index (Phi) is 3.62. The number of aryl methyl sites for hydroxylation is 2. The van der Waals surface area contributed by atoms with Crippen molar-refractivity contribution in [2.24, 2.45) is 0 Å². The molecule has 1 unspecified atom stereocenters. The van der Waals surface area contributed by atoms with Crippen molar-refractivity contribution < 1.29 is 8.80 Å². The van der Waals surface area contributed by atoms with Gasteiger partial charge >= 0.3 is 6.69 Å². The number of nitrogens with zero attached hydrogens (tertiary/aromatic N) is 2. The maximum absolute atomic E-state index is 16.6. The lowest BCUT2D eigenvalue weighted by atomic mass is 9.66. The first-order valence-electron chi connectivity index (χ1n) is 8.57. The maximum Gasteiger partial charge on any atom is 0.622 e. The monoisotopic (exact) mass is 340 g/mol. The quantitative estimate of drug-likeness (QED) is 0.487. The largest absolute Gasteiger partial charge is 0.622 e. The standard InChI is InChI=1S/C19H26BFN2Si/c1-13-11-15(3)22-18(13)17(5)19-14(2)12-16(4)23(19)20(22,21)9-10-24(6,7)8/h11-12H,1-8H3. The second-order valence-corrected chi connectivity index (χ2v) is 12.9. The SMILES string of the molecule is CC1=CC(C)=[N+]2C1=C(C)c1c(C)cc(C)n1[B-]2(F)C#C[Si](C)(C)C. The number of hydrogen-bond acceptors (Lipinski definition) is 0. The fourth-order valence-corrected chi connectivity index (χ4v) is 4.75. The van der Waals surface area contributed by atoms with Crippen LogP contribution in [0.5, 0.6) is 0 Å². The van der Waals surface area contributed by atoms with E-state index in [4.69, 9.17) is 0 Å². The molecule has 24 heavy (non-hydrogen) atoms. The van der Waals surface area contributed by atoms with Crippen LogP contribution in [0.15, 0.2) is 23.4 Å². The molecular formula is C19H26BFN2Si. The molecule has 0 spiro atoms. The molecule has 0 amide bonds. The molecule has 0 fully saturated rings. The molecule has 0 N–H and O–H groups in total. The summed E-state index contributed by atoms with van der Waals surface area (Å²) in [6.07, 6.45) is 2.07. The molecular weight excluding hydrogens is 314 g/mol. The Morgan fingerprint density at radius 3 is 2.33 bits per heavy atom. The molecule has 1 atom stereocenters. The first-order chi connectivity index (χ1) is 11.0. The van der Waals surface area contributed by atoms with E-state index in [1.807, 2.05) is 22.8 Å². The minimum absolute atomic E-state index is 0.936. The van der Waals surface area contributed by atoms with E-state index < -0.39 is 14.8 Å². The summed E-state index contributed by atoms with van der Waals surface area (Å²) in [5.74, 6) is 3.10. The second-order valence-electron chi connectivity index (χ2n) is 8.20. The first kappa shape index (κ1) is 17.0. The molecule has 1 aromatic rings. The van der Waals surface area contributed by atoms with Gasteiger partial charge in [0.15, 0.2) is 5.70 Å². The smallest absolute Gasteiger partial charge is 0.415 e. The highest BCUT2D eigenvalue weighted by molar-refractivity contribution is 6.86. The summed E-state index contributed by atoms with van der Waals surface area (Å²) in [6.45, 7) is 14.0. The molecule has 3 heterocycles. The summed E-state index contributed by atoms with van der Waals surface area (Å²) in [6, 6.07) is 2.07. The number of aromatic nitrogens is 1. The highest BCUT2D eigenvalue weighted by Crippen LogP contribution is 2.40. The molecule has 0 radical (unpaired) electrons. The Morgan fingerprint density at radius 2 is 1.75 bits per heavy atom. The molecule has 126 valence electrons. The van der Waals surface area contributed by atoms with Gasteiger partial charge < -0.3 is 13.3 Å². The lowest BCUT2D eigenvalue weighted by Gasteiger charge is -2.36.